The van der Waals surface area contributed by atoms with E-state index in [1.807, 2.05) is 109 Å². The number of halogens is 4. The van der Waals surface area contributed by atoms with Crippen molar-refractivity contribution in [2.75, 3.05) is 55.8 Å². The number of piperidine rings is 1. The third-order valence-electron chi connectivity index (χ3n) is 16.8. The second-order valence-electron chi connectivity index (χ2n) is 24.9. The van der Waals surface area contributed by atoms with Crippen molar-refractivity contribution in [3.8, 4) is 11.1 Å². The Kier molecular flexibility index (Phi) is 21.6. The third kappa shape index (κ3) is 16.2. The van der Waals surface area contributed by atoms with Gasteiger partial charge >= 0.3 is 5.51 Å². The number of nitrogens with zero attached hydrogens (tertiary/aromatic N) is 2. The highest BCUT2D eigenvalue weighted by atomic mass is 35.5. The molecule has 1 heterocycles. The number of alkyl halides is 3. The van der Waals surface area contributed by atoms with Gasteiger partial charge in [-0.15, -0.1) is 11.8 Å². The molecule has 11 nitrogen and oxygen atoms in total. The van der Waals surface area contributed by atoms with Crippen LogP contribution >= 0.6 is 23.4 Å². The minimum atomic E-state index is -6.15. The zero-order valence-electron chi connectivity index (χ0n) is 50.9. The predicted octanol–water partition coefficient (Wildman–Crippen LogP) is 14.9. The topological polar surface area (TPSA) is 134 Å². The molecule has 1 unspecified atom stereocenters. The van der Waals surface area contributed by atoms with E-state index < -0.39 is 69.4 Å². The van der Waals surface area contributed by atoms with Gasteiger partial charge in [0.2, 0.25) is 0 Å². The van der Waals surface area contributed by atoms with E-state index in [9.17, 15) is 34.8 Å². The number of amides is 1. The normalized spacial score (nSPS) is 14.9. The van der Waals surface area contributed by atoms with Gasteiger partial charge in [-0.3, -0.25) is 4.79 Å². The van der Waals surface area contributed by atoms with E-state index in [0.29, 0.717) is 56.0 Å². The fourth-order valence-corrected chi connectivity index (χ4v) is 19.9. The van der Waals surface area contributed by atoms with Gasteiger partial charge in [-0.05, 0) is 156 Å². The molecule has 1 saturated heterocycles. The van der Waals surface area contributed by atoms with E-state index in [2.05, 4.69) is 112 Å². The van der Waals surface area contributed by atoms with Crippen molar-refractivity contribution in [3.05, 3.63) is 198 Å². The molecule has 7 aromatic carbocycles. The lowest BCUT2D eigenvalue weighted by atomic mass is 9.84. The van der Waals surface area contributed by atoms with E-state index in [4.69, 9.17) is 20.5 Å². The second-order valence-corrected chi connectivity index (χ2v) is 39.1. The Morgan fingerprint density at radius 1 is 0.724 bits per heavy atom. The molecule has 1 amide bonds. The largest absolute Gasteiger partial charge is 0.501 e. The van der Waals surface area contributed by atoms with Crippen molar-refractivity contribution in [2.45, 2.75) is 116 Å². The number of nitrogens with one attached hydrogen (secondary N) is 2. The highest BCUT2D eigenvalue weighted by Gasteiger charge is 2.51. The van der Waals surface area contributed by atoms with Crippen LogP contribution in [0.2, 0.25) is 28.2 Å². The summed E-state index contributed by atoms with van der Waals surface area (Å²) < 4.78 is 115. The number of hydrogen-bond acceptors (Lipinski definition) is 11. The van der Waals surface area contributed by atoms with Gasteiger partial charge in [0.25, 0.3) is 34.1 Å². The molecule has 0 aromatic heterocycles. The van der Waals surface area contributed by atoms with Gasteiger partial charge in [0, 0.05) is 59.2 Å². The van der Waals surface area contributed by atoms with E-state index in [-0.39, 0.29) is 27.7 Å². The van der Waals surface area contributed by atoms with Crippen molar-refractivity contribution in [1.29, 1.82) is 0 Å². The van der Waals surface area contributed by atoms with E-state index in [1.165, 1.54) is 23.9 Å². The summed E-state index contributed by atoms with van der Waals surface area (Å²) in [5.74, 6) is -0.558. The van der Waals surface area contributed by atoms with Gasteiger partial charge in [-0.25, -0.2) is 21.6 Å². The first-order chi connectivity index (χ1) is 41.0. The summed E-state index contributed by atoms with van der Waals surface area (Å²) in [6, 6.07) is 54.4. The molecule has 0 radical (unpaired) electrons. The van der Waals surface area contributed by atoms with E-state index in [0.717, 1.165) is 62.6 Å². The molecule has 1 fully saturated rings. The molecule has 8 rings (SSSR count). The maximum Gasteiger partial charge on any atom is 0.501 e. The number of carbonyl (C=O) groups is 1. The van der Waals surface area contributed by atoms with Crippen LogP contribution in [0.4, 0.5) is 24.5 Å². The van der Waals surface area contributed by atoms with Crippen molar-refractivity contribution in [1.82, 2.24) is 9.62 Å². The Balaban J connectivity index is 0.963. The Morgan fingerprint density at radius 2 is 1.29 bits per heavy atom. The molecule has 2 N–H and O–H groups in total. The molecule has 0 aliphatic carbocycles. The number of hydrogen-bond donors (Lipinski definition) is 2. The molecule has 0 spiro atoms. The summed E-state index contributed by atoms with van der Waals surface area (Å²) in [6.07, 6.45) is 1.78. The minimum Gasteiger partial charge on any atom is -0.410 e. The molecule has 1 aliphatic rings. The molecule has 87 heavy (non-hydrogen) atoms. The molecule has 20 heteroatoms. The van der Waals surface area contributed by atoms with Crippen molar-refractivity contribution in [2.24, 2.45) is 5.92 Å². The number of likely N-dealkylation sites (N-methyl/N-ethyl adjacent to an activating group) is 1. The number of rotatable bonds is 24. The average Bonchev–Trinajstić information content (AvgIpc) is 1.03. The zero-order chi connectivity index (χ0) is 63.0. The number of carbonyl (C=O) groups excluding carboxylic acids is 1. The third-order valence-corrected chi connectivity index (χ3v) is 30.6. The Morgan fingerprint density at radius 3 is 1.85 bits per heavy atom. The average molecular weight is 1300 g/mol. The molecule has 2 atom stereocenters. The van der Waals surface area contributed by atoms with Crippen LogP contribution in [0, 0.1) is 5.92 Å². The summed E-state index contributed by atoms with van der Waals surface area (Å²) in [4.78, 5) is 16.7. The van der Waals surface area contributed by atoms with Crippen molar-refractivity contribution < 1.29 is 43.7 Å². The lowest BCUT2D eigenvalue weighted by Crippen LogP contribution is -2.67. The number of sulfonamides is 1. The quantitative estimate of drug-likeness (QED) is 0.0442. The maximum absolute atomic E-state index is 14.6. The first-order valence-electron chi connectivity index (χ1n) is 29.3. The lowest BCUT2D eigenvalue weighted by Gasteiger charge is -2.44. The lowest BCUT2D eigenvalue weighted by molar-refractivity contribution is -0.0436. The highest BCUT2D eigenvalue weighted by Crippen LogP contribution is 2.47. The monoisotopic (exact) mass is 1300 g/mol. The van der Waals surface area contributed by atoms with Crippen LogP contribution in [0.25, 0.3) is 11.1 Å². The molecule has 1 aliphatic heterocycles. The fraction of sp³-hybridized carbons (Fsp3) is 0.358. The van der Waals surface area contributed by atoms with Gasteiger partial charge < -0.3 is 24.0 Å². The molecule has 0 bridgehead atoms. The van der Waals surface area contributed by atoms with Crippen LogP contribution in [-0.4, -0.2) is 101 Å². The second kappa shape index (κ2) is 28.0. The number of benzene rings is 7. The maximum atomic E-state index is 14.6. The summed E-state index contributed by atoms with van der Waals surface area (Å²) >= 11 is 7.73. The molecular formula is C67H80ClF3N4O7S3Si2. The summed E-state index contributed by atoms with van der Waals surface area (Å²) in [6.45, 7) is 20.5. The van der Waals surface area contributed by atoms with E-state index in [1.54, 1.807) is 12.1 Å². The van der Waals surface area contributed by atoms with Crippen LogP contribution in [0.5, 0.6) is 0 Å². The van der Waals surface area contributed by atoms with Crippen LogP contribution in [-0.2, 0) is 28.7 Å². The molecule has 7 aromatic rings. The zero-order valence-corrected chi connectivity index (χ0v) is 56.1. The first-order valence-corrected chi connectivity index (χ1v) is 38.4. The van der Waals surface area contributed by atoms with Crippen LogP contribution in [0.1, 0.15) is 82.8 Å². The Hall–Kier alpha value is -5.75. The standard InChI is InChI=1S/C67H80ClF3N4O7S3Si2/c1-65(2,3)86(8,9)82-63(60-28-20-19-27-59(60)49-29-33-52(68)34-30-49)50-39-43-75(44-40-50)54-35-31-51(32-36-54)64(76)73-85(79,80)56-37-38-61(62(47-56)84(77,78)67(69,70)71)72-53(48-83-55-21-13-10-14-22-55)41-42-74(7)45-46-81-87(66(4,5)6,57-23-15-11-16-24-57)58-25-17-12-18-26-58/h10-38,47,50,53,63,72H,39-46,48H2,1-9H3,(H,73,76)/t53?,63-/m1/s1. The van der Waals surface area contributed by atoms with Gasteiger partial charge in [-0.2, -0.15) is 13.2 Å². The van der Waals surface area contributed by atoms with Crippen LogP contribution < -0.4 is 25.3 Å². The van der Waals surface area contributed by atoms with E-state index >= 15 is 0 Å². The summed E-state index contributed by atoms with van der Waals surface area (Å²) in [5.41, 5.74) is -2.17. The van der Waals surface area contributed by atoms with Crippen LogP contribution in [0.3, 0.4) is 0 Å². The van der Waals surface area contributed by atoms with Gasteiger partial charge in [-0.1, -0.05) is 168 Å². The summed E-state index contributed by atoms with van der Waals surface area (Å²) in [7, 11) is -14.3. The Bertz CT molecular complexity index is 3610. The van der Waals surface area contributed by atoms with Gasteiger partial charge in [0.05, 0.1) is 16.7 Å². The van der Waals surface area contributed by atoms with Crippen molar-refractivity contribution in [3.63, 3.8) is 0 Å². The van der Waals surface area contributed by atoms with Crippen molar-refractivity contribution >= 4 is 87.5 Å². The van der Waals surface area contributed by atoms with Gasteiger partial charge in [0.1, 0.15) is 4.90 Å². The first kappa shape index (κ1) is 67.2. The SMILES string of the molecule is CN(CCO[Si](c1ccccc1)(c1ccccc1)C(C)(C)C)CCC(CSc1ccccc1)Nc1ccc(S(=O)(=O)NC(=O)c2ccc(N3CCC([C@@H](O[Si](C)(C)C(C)(C)C)c4ccccc4-c4ccc(Cl)cc4)CC3)cc2)cc1S(=O)(=O)C(F)(F)F. The Labute approximate surface area is 524 Å². The number of anilines is 2. The highest BCUT2D eigenvalue weighted by molar-refractivity contribution is 7.99. The molecule has 464 valence electrons. The summed E-state index contributed by atoms with van der Waals surface area (Å²) in [5, 5.41) is 5.72. The number of sulfone groups is 1. The van der Waals surface area contributed by atoms with Gasteiger partial charge in [0.15, 0.2) is 8.32 Å². The minimum absolute atomic E-state index is 0.0291. The number of thioether (sulfide) groups is 1. The molecular weight excluding hydrogens is 1220 g/mol. The van der Waals surface area contributed by atoms with Crippen LogP contribution in [0.15, 0.2) is 197 Å². The predicted molar refractivity (Wildman–Crippen MR) is 354 cm³/mol. The smallest absolute Gasteiger partial charge is 0.410 e. The fourth-order valence-electron chi connectivity index (χ4n) is 10.9. The molecule has 0 saturated carbocycles.